The molecule has 0 unspecified atom stereocenters. The number of carboxylic acid groups (broad SMARTS) is 1. The highest BCUT2D eigenvalue weighted by molar-refractivity contribution is 5.99. The Hall–Kier alpha value is -5.37. The maximum atomic E-state index is 14.0. The van der Waals surface area contributed by atoms with Gasteiger partial charge in [0.2, 0.25) is 5.91 Å². The molecule has 0 radical (unpaired) electrons. The van der Waals surface area contributed by atoms with Crippen LogP contribution in [0.4, 0.5) is 10.5 Å². The number of nitrogens with one attached hydrogen (secondary N) is 6. The minimum Gasteiger partial charge on any atom is -0.465 e. The summed E-state index contributed by atoms with van der Waals surface area (Å²) in [5, 5.41) is 37.5. The molecule has 3 amide bonds. The number of guanidine groups is 2. The molecule has 0 aliphatic carbocycles. The fourth-order valence-corrected chi connectivity index (χ4v) is 4.48. The fourth-order valence-electron chi connectivity index (χ4n) is 4.48. The van der Waals surface area contributed by atoms with Crippen molar-refractivity contribution in [2.75, 3.05) is 18.4 Å². The number of nitrogens with two attached hydrogens (primary N) is 2. The number of fused-ring (bicyclic) bond motifs is 1. The first-order valence-electron chi connectivity index (χ1n) is 14.1. The smallest absolute Gasteiger partial charge is 0.405 e. The van der Waals surface area contributed by atoms with E-state index in [4.69, 9.17) is 27.1 Å². The van der Waals surface area contributed by atoms with Crippen molar-refractivity contribution in [1.82, 2.24) is 21.0 Å². The molecule has 14 nitrogen and oxygen atoms in total. The van der Waals surface area contributed by atoms with Crippen LogP contribution in [0, 0.1) is 10.8 Å². The lowest BCUT2D eigenvalue weighted by Gasteiger charge is -2.32. The number of hydroxylamine groups is 2. The molecule has 0 heterocycles. The monoisotopic (exact) mass is 605 g/mol. The Balaban J connectivity index is 1.92. The molecule has 0 aliphatic heterocycles. The number of rotatable bonds is 16. The Bertz CT molecular complexity index is 1440. The van der Waals surface area contributed by atoms with E-state index >= 15 is 0 Å². The summed E-state index contributed by atoms with van der Waals surface area (Å²) in [6.07, 6.45) is -0.658. The summed E-state index contributed by atoms with van der Waals surface area (Å²) in [4.78, 5) is 45.5. The largest absolute Gasteiger partial charge is 0.465 e. The molecule has 3 aromatic rings. The van der Waals surface area contributed by atoms with Crippen molar-refractivity contribution in [3.05, 3.63) is 78.4 Å². The number of carbonyl (C=O) groups excluding carboxylic acids is 2. The summed E-state index contributed by atoms with van der Waals surface area (Å²) in [6, 6.07) is 19.7. The molecule has 0 aliphatic rings. The van der Waals surface area contributed by atoms with E-state index in [1.807, 2.05) is 42.5 Å². The minimum atomic E-state index is -1.42. The van der Waals surface area contributed by atoms with Crippen molar-refractivity contribution in [2.45, 2.75) is 44.4 Å². The highest BCUT2D eigenvalue weighted by Gasteiger charge is 2.36. The highest BCUT2D eigenvalue weighted by atomic mass is 16.7. The molecule has 3 rings (SSSR count). The molecular weight excluding hydrogens is 566 g/mol. The third-order valence-electron chi connectivity index (χ3n) is 6.58. The lowest BCUT2D eigenvalue weighted by atomic mass is 10.1. The molecule has 0 bridgehead atoms. The number of anilines is 1. The second-order valence-electron chi connectivity index (χ2n) is 9.96. The number of benzene rings is 3. The van der Waals surface area contributed by atoms with Gasteiger partial charge in [-0.25, -0.2) is 9.86 Å². The van der Waals surface area contributed by atoms with Crippen LogP contribution < -0.4 is 32.7 Å². The van der Waals surface area contributed by atoms with Crippen LogP contribution in [0.15, 0.2) is 72.8 Å². The number of carbonyl (C=O) groups is 3. The summed E-state index contributed by atoms with van der Waals surface area (Å²) < 4.78 is 0. The topological polar surface area (TPSA) is 232 Å². The predicted octanol–water partition coefficient (Wildman–Crippen LogP) is 2.27. The van der Waals surface area contributed by atoms with Gasteiger partial charge in [-0.05, 0) is 54.2 Å². The van der Waals surface area contributed by atoms with E-state index in [-0.39, 0.29) is 44.5 Å². The quantitative estimate of drug-likeness (QED) is 0.0503. The highest BCUT2D eigenvalue weighted by Crippen LogP contribution is 2.21. The van der Waals surface area contributed by atoms with Gasteiger partial charge in [-0.1, -0.05) is 60.7 Å². The van der Waals surface area contributed by atoms with E-state index in [2.05, 4.69) is 21.3 Å². The van der Waals surface area contributed by atoms with Gasteiger partial charge in [0.15, 0.2) is 11.9 Å². The number of hydrogen-bond donors (Lipinski definition) is 9. The van der Waals surface area contributed by atoms with Gasteiger partial charge in [0.05, 0.1) is 0 Å². The van der Waals surface area contributed by atoms with Crippen LogP contribution in [-0.2, 0) is 21.0 Å². The van der Waals surface area contributed by atoms with E-state index in [9.17, 15) is 19.5 Å². The maximum Gasteiger partial charge on any atom is 0.405 e. The summed E-state index contributed by atoms with van der Waals surface area (Å²) in [7, 11) is 0. The van der Waals surface area contributed by atoms with Crippen molar-refractivity contribution in [2.24, 2.45) is 11.5 Å². The summed E-state index contributed by atoms with van der Waals surface area (Å²) in [6.45, 7) is 0.418. The van der Waals surface area contributed by atoms with Crippen molar-refractivity contribution in [1.29, 1.82) is 10.8 Å². The molecule has 0 spiro atoms. The van der Waals surface area contributed by atoms with Crippen LogP contribution in [0.1, 0.15) is 31.2 Å². The molecule has 0 saturated heterocycles. The summed E-state index contributed by atoms with van der Waals surface area (Å²) >= 11 is 0. The van der Waals surface area contributed by atoms with Crippen LogP contribution in [0.3, 0.4) is 0 Å². The Kier molecular flexibility index (Phi) is 12.7. The summed E-state index contributed by atoms with van der Waals surface area (Å²) in [5.41, 5.74) is 12.0. The Morgan fingerprint density at radius 1 is 0.841 bits per heavy atom. The molecular formula is C30H39N9O5. The van der Waals surface area contributed by atoms with E-state index in [0.717, 1.165) is 21.4 Å². The van der Waals surface area contributed by atoms with Crippen LogP contribution >= 0.6 is 0 Å². The first-order chi connectivity index (χ1) is 21.1. The molecule has 11 N–H and O–H groups in total. The molecule has 14 heteroatoms. The molecule has 44 heavy (non-hydrogen) atoms. The molecule has 3 aromatic carbocycles. The predicted molar refractivity (Wildman–Crippen MR) is 168 cm³/mol. The second kappa shape index (κ2) is 16.9. The van der Waals surface area contributed by atoms with Gasteiger partial charge in [0.1, 0.15) is 18.7 Å². The first kappa shape index (κ1) is 33.1. The Labute approximate surface area is 255 Å². The van der Waals surface area contributed by atoms with Crippen molar-refractivity contribution in [3.8, 4) is 0 Å². The third kappa shape index (κ3) is 10.8. The van der Waals surface area contributed by atoms with Gasteiger partial charge < -0.3 is 37.8 Å². The lowest BCUT2D eigenvalue weighted by molar-refractivity contribution is -0.208. The van der Waals surface area contributed by atoms with E-state index in [1.54, 1.807) is 30.3 Å². The average Bonchev–Trinajstić information content (AvgIpc) is 2.99. The van der Waals surface area contributed by atoms with Gasteiger partial charge in [-0.2, -0.15) is 0 Å². The first-order valence-corrected chi connectivity index (χ1v) is 14.1. The number of amides is 3. The van der Waals surface area contributed by atoms with Crippen LogP contribution in [0.25, 0.3) is 10.8 Å². The zero-order valence-electron chi connectivity index (χ0n) is 24.2. The molecule has 234 valence electrons. The lowest BCUT2D eigenvalue weighted by Crippen LogP contribution is -2.55. The number of nitrogens with zero attached hydrogens (tertiary/aromatic N) is 1. The SMILES string of the molecule is N=C(N)NCCC[C@H](NC(=O)O)C(=O)N(OCc1ccccc1)[C@@H](CCCNC(=N)N)C(=O)Nc1ccc2ccccc2c1. The molecule has 2 atom stereocenters. The van der Waals surface area contributed by atoms with E-state index < -0.39 is 30.0 Å². The fraction of sp³-hybridized carbons (Fsp3) is 0.300. The molecule has 0 aromatic heterocycles. The Morgan fingerprint density at radius 2 is 1.45 bits per heavy atom. The zero-order valence-corrected chi connectivity index (χ0v) is 24.2. The normalized spacial score (nSPS) is 12.0. The summed E-state index contributed by atoms with van der Waals surface area (Å²) in [5.74, 6) is -1.79. The molecule has 0 fully saturated rings. The van der Waals surface area contributed by atoms with Gasteiger partial charge in [0.25, 0.3) is 5.91 Å². The average molecular weight is 606 g/mol. The van der Waals surface area contributed by atoms with Crippen molar-refractivity contribution < 1.29 is 24.3 Å². The third-order valence-corrected chi connectivity index (χ3v) is 6.58. The van der Waals surface area contributed by atoms with Gasteiger partial charge >= 0.3 is 6.09 Å². The van der Waals surface area contributed by atoms with Crippen molar-refractivity contribution >= 4 is 46.3 Å². The van der Waals surface area contributed by atoms with Crippen LogP contribution in [0.2, 0.25) is 0 Å². The maximum absolute atomic E-state index is 14.0. The second-order valence-corrected chi connectivity index (χ2v) is 9.96. The zero-order chi connectivity index (χ0) is 31.9. The van der Waals surface area contributed by atoms with E-state index in [0.29, 0.717) is 18.5 Å². The van der Waals surface area contributed by atoms with Gasteiger partial charge in [0, 0.05) is 18.8 Å². The van der Waals surface area contributed by atoms with Crippen molar-refractivity contribution in [3.63, 3.8) is 0 Å². The van der Waals surface area contributed by atoms with Gasteiger partial charge in [-0.15, -0.1) is 0 Å². The molecule has 0 saturated carbocycles. The van der Waals surface area contributed by atoms with E-state index in [1.165, 1.54) is 0 Å². The minimum absolute atomic E-state index is 0.0432. The number of hydrogen-bond acceptors (Lipinski definition) is 6. The van der Waals surface area contributed by atoms with Crippen LogP contribution in [0.5, 0.6) is 0 Å². The van der Waals surface area contributed by atoms with Gasteiger partial charge in [-0.3, -0.25) is 25.2 Å². The standard InChI is InChI=1S/C30H39N9O5/c31-28(32)35-16-6-12-24(38-30(42)43)27(41)39(44-19-20-8-2-1-3-9-20)25(13-7-17-36-29(33)34)26(40)37-23-15-14-21-10-4-5-11-22(21)18-23/h1-5,8-11,14-15,18,24-25,38H,6-7,12-13,16-17,19H2,(H,37,40)(H,42,43)(H4,31,32,35)(H4,33,34,36)/t24-,25-/m0/s1. The van der Waals surface area contributed by atoms with Crippen LogP contribution in [-0.4, -0.2) is 65.2 Å². The Morgan fingerprint density at radius 3 is 2.09 bits per heavy atom.